The van der Waals surface area contributed by atoms with E-state index in [1.807, 2.05) is 0 Å². The third-order valence-corrected chi connectivity index (χ3v) is 3.40. The third kappa shape index (κ3) is 4.51. The van der Waals surface area contributed by atoms with Gasteiger partial charge in [0.1, 0.15) is 0 Å². The molecule has 0 aromatic heterocycles. The first-order chi connectivity index (χ1) is 7.63. The van der Waals surface area contributed by atoms with Crippen molar-refractivity contribution in [2.24, 2.45) is 5.92 Å². The molecule has 0 bridgehead atoms. The maximum absolute atomic E-state index is 8.77. The van der Waals surface area contributed by atoms with E-state index in [1.165, 1.54) is 19.4 Å². The van der Waals surface area contributed by atoms with Crippen LogP contribution >= 0.6 is 0 Å². The molecule has 0 amide bonds. The third-order valence-electron chi connectivity index (χ3n) is 3.40. The van der Waals surface area contributed by atoms with Gasteiger partial charge in [0.2, 0.25) is 0 Å². The van der Waals surface area contributed by atoms with E-state index in [-0.39, 0.29) is 0 Å². The van der Waals surface area contributed by atoms with Crippen LogP contribution < -0.4 is 5.32 Å². The van der Waals surface area contributed by atoms with Gasteiger partial charge in [0, 0.05) is 18.6 Å². The first-order valence-electron chi connectivity index (χ1n) is 6.48. The molecule has 1 aliphatic heterocycles. The maximum Gasteiger partial charge on any atom is 0.0638 e. The van der Waals surface area contributed by atoms with Gasteiger partial charge in [-0.2, -0.15) is 5.26 Å². The average molecular weight is 223 g/mol. The molecule has 3 nitrogen and oxygen atoms in total. The van der Waals surface area contributed by atoms with Gasteiger partial charge >= 0.3 is 0 Å². The Hall–Kier alpha value is -0.590. The van der Waals surface area contributed by atoms with E-state index in [1.54, 1.807) is 0 Å². The van der Waals surface area contributed by atoms with Gasteiger partial charge in [-0.15, -0.1) is 0 Å². The molecule has 0 saturated carbocycles. The van der Waals surface area contributed by atoms with Gasteiger partial charge in [0.25, 0.3) is 0 Å². The van der Waals surface area contributed by atoms with Crippen LogP contribution in [0.3, 0.4) is 0 Å². The largest absolute Gasteiger partial charge is 0.312 e. The van der Waals surface area contributed by atoms with Gasteiger partial charge in [-0.05, 0) is 38.8 Å². The summed E-state index contributed by atoms with van der Waals surface area (Å²) in [7, 11) is 0. The molecule has 1 fully saturated rings. The number of nitrogens with zero attached hydrogens (tertiary/aromatic N) is 2. The number of hydrogen-bond donors (Lipinski definition) is 1. The predicted octanol–water partition coefficient (Wildman–Crippen LogP) is 2.00. The molecule has 16 heavy (non-hydrogen) atoms. The van der Waals surface area contributed by atoms with Gasteiger partial charge in [-0.1, -0.05) is 13.8 Å². The number of nitriles is 1. The summed E-state index contributed by atoms with van der Waals surface area (Å²) in [6.45, 7) is 10.1. The Morgan fingerprint density at radius 1 is 1.50 bits per heavy atom. The van der Waals surface area contributed by atoms with Crippen molar-refractivity contribution in [2.45, 2.75) is 52.1 Å². The van der Waals surface area contributed by atoms with Crippen molar-refractivity contribution >= 4 is 0 Å². The summed E-state index contributed by atoms with van der Waals surface area (Å²) in [6.07, 6.45) is 3.08. The van der Waals surface area contributed by atoms with Crippen molar-refractivity contribution in [3.63, 3.8) is 0 Å². The van der Waals surface area contributed by atoms with Crippen LogP contribution in [0.4, 0.5) is 0 Å². The lowest BCUT2D eigenvalue weighted by Gasteiger charge is -2.29. The van der Waals surface area contributed by atoms with Crippen LogP contribution in [0.5, 0.6) is 0 Å². The number of nitrogens with one attached hydrogen (secondary N) is 1. The van der Waals surface area contributed by atoms with Crippen molar-refractivity contribution in [1.29, 1.82) is 5.26 Å². The average Bonchev–Trinajstić information content (AvgIpc) is 2.39. The van der Waals surface area contributed by atoms with Crippen LogP contribution in [0.15, 0.2) is 0 Å². The molecule has 0 aliphatic carbocycles. The smallest absolute Gasteiger partial charge is 0.0638 e. The van der Waals surface area contributed by atoms with Crippen molar-refractivity contribution in [1.82, 2.24) is 10.2 Å². The highest BCUT2D eigenvalue weighted by Gasteiger charge is 2.22. The van der Waals surface area contributed by atoms with E-state index in [0.29, 0.717) is 18.5 Å². The molecule has 0 aromatic rings. The van der Waals surface area contributed by atoms with Crippen molar-refractivity contribution in [3.8, 4) is 6.07 Å². The Bertz CT molecular complexity index is 232. The lowest BCUT2D eigenvalue weighted by atomic mass is 10.1. The van der Waals surface area contributed by atoms with E-state index in [0.717, 1.165) is 19.0 Å². The Morgan fingerprint density at radius 2 is 2.25 bits per heavy atom. The normalized spacial score (nSPS) is 27.7. The molecule has 1 aliphatic rings. The Balaban J connectivity index is 2.46. The van der Waals surface area contributed by atoms with Crippen molar-refractivity contribution < 1.29 is 0 Å². The highest BCUT2D eigenvalue weighted by atomic mass is 15.2. The summed E-state index contributed by atoms with van der Waals surface area (Å²) in [5.74, 6) is 0.762. The zero-order valence-corrected chi connectivity index (χ0v) is 10.9. The topological polar surface area (TPSA) is 39.1 Å². The minimum Gasteiger partial charge on any atom is -0.312 e. The summed E-state index contributed by atoms with van der Waals surface area (Å²) in [6, 6.07) is 3.29. The molecule has 2 unspecified atom stereocenters. The first kappa shape index (κ1) is 13.5. The zero-order chi connectivity index (χ0) is 12.0. The summed E-state index contributed by atoms with van der Waals surface area (Å²) in [5, 5.41) is 12.2. The van der Waals surface area contributed by atoms with Crippen LogP contribution in [0, 0.1) is 17.2 Å². The molecule has 2 atom stereocenters. The fourth-order valence-corrected chi connectivity index (χ4v) is 2.19. The molecule has 92 valence electrons. The summed E-state index contributed by atoms with van der Waals surface area (Å²) in [5.41, 5.74) is 0. The standard InChI is InChI=1S/C13H25N3/c1-11(2)6-9-16-10-13(4-7-14)15-8-5-12(16)3/h11-13,15H,4-6,8-10H2,1-3H3. The molecule has 0 spiro atoms. The maximum atomic E-state index is 8.77. The van der Waals surface area contributed by atoms with Crippen LogP contribution in [0.25, 0.3) is 0 Å². The summed E-state index contributed by atoms with van der Waals surface area (Å²) >= 11 is 0. The lowest BCUT2D eigenvalue weighted by molar-refractivity contribution is 0.194. The number of hydrogen-bond acceptors (Lipinski definition) is 3. The molecule has 0 aromatic carbocycles. The SMILES string of the molecule is CC(C)CCN1CC(CC#N)NCCC1C. The van der Waals surface area contributed by atoms with Gasteiger partial charge in [-0.3, -0.25) is 4.90 Å². The van der Waals surface area contributed by atoms with E-state index < -0.39 is 0 Å². The van der Waals surface area contributed by atoms with Gasteiger partial charge in [0.15, 0.2) is 0 Å². The predicted molar refractivity (Wildman–Crippen MR) is 67.1 cm³/mol. The number of rotatable bonds is 4. The fourth-order valence-electron chi connectivity index (χ4n) is 2.19. The molecule has 1 N–H and O–H groups in total. The van der Waals surface area contributed by atoms with Crippen molar-refractivity contribution in [3.05, 3.63) is 0 Å². The van der Waals surface area contributed by atoms with Gasteiger partial charge in [-0.25, -0.2) is 0 Å². The molecular formula is C13H25N3. The highest BCUT2D eigenvalue weighted by Crippen LogP contribution is 2.13. The van der Waals surface area contributed by atoms with E-state index in [2.05, 4.69) is 37.1 Å². The molecular weight excluding hydrogens is 198 g/mol. The highest BCUT2D eigenvalue weighted by molar-refractivity contribution is 4.87. The second-order valence-electron chi connectivity index (χ2n) is 5.33. The minimum absolute atomic E-state index is 0.363. The Labute approximate surface area is 99.8 Å². The van der Waals surface area contributed by atoms with E-state index >= 15 is 0 Å². The Kier molecular flexibility index (Phi) is 5.79. The van der Waals surface area contributed by atoms with Crippen LogP contribution in [-0.2, 0) is 0 Å². The first-order valence-corrected chi connectivity index (χ1v) is 6.48. The summed E-state index contributed by atoms with van der Waals surface area (Å²) < 4.78 is 0. The molecule has 1 saturated heterocycles. The van der Waals surface area contributed by atoms with Gasteiger partial charge < -0.3 is 5.32 Å². The van der Waals surface area contributed by atoms with Crippen molar-refractivity contribution in [2.75, 3.05) is 19.6 Å². The minimum atomic E-state index is 0.363. The van der Waals surface area contributed by atoms with Gasteiger partial charge in [0.05, 0.1) is 12.5 Å². The zero-order valence-electron chi connectivity index (χ0n) is 10.9. The van der Waals surface area contributed by atoms with E-state index in [4.69, 9.17) is 5.26 Å². The molecule has 1 rings (SSSR count). The second-order valence-corrected chi connectivity index (χ2v) is 5.33. The van der Waals surface area contributed by atoms with Crippen LogP contribution in [0.2, 0.25) is 0 Å². The van der Waals surface area contributed by atoms with Crippen LogP contribution in [-0.4, -0.2) is 36.6 Å². The van der Waals surface area contributed by atoms with E-state index in [9.17, 15) is 0 Å². The Morgan fingerprint density at radius 3 is 2.88 bits per heavy atom. The molecule has 1 heterocycles. The van der Waals surface area contributed by atoms with Crippen LogP contribution in [0.1, 0.15) is 40.0 Å². The monoisotopic (exact) mass is 223 g/mol. The second kappa shape index (κ2) is 6.88. The molecule has 0 radical (unpaired) electrons. The summed E-state index contributed by atoms with van der Waals surface area (Å²) in [4.78, 5) is 2.54. The molecule has 3 heteroatoms. The quantitative estimate of drug-likeness (QED) is 0.792. The lowest BCUT2D eigenvalue weighted by Crippen LogP contribution is -2.40. The fraction of sp³-hybridized carbons (Fsp3) is 0.923.